The molecule has 7 heteroatoms. The molecule has 0 spiro atoms. The molecular formula is C13H25N3O4. The molecule has 0 aromatic rings. The molecule has 0 saturated heterocycles. The number of rotatable bonds is 10. The van der Waals surface area contributed by atoms with E-state index < -0.39 is 12.0 Å². The number of nitrogens with one attached hydrogen (secondary N) is 3. The summed E-state index contributed by atoms with van der Waals surface area (Å²) in [6.45, 7) is 4.48. The normalized spacial score (nSPS) is 11.5. The summed E-state index contributed by atoms with van der Waals surface area (Å²) in [6, 6.07) is -0.931. The van der Waals surface area contributed by atoms with E-state index in [9.17, 15) is 14.4 Å². The van der Waals surface area contributed by atoms with E-state index in [1.165, 1.54) is 0 Å². The van der Waals surface area contributed by atoms with Gasteiger partial charge in [0.05, 0.1) is 0 Å². The number of carboxylic acid groups (broad SMARTS) is 1. The molecule has 3 amide bonds. The molecule has 0 rings (SSSR count). The Kier molecular flexibility index (Phi) is 10.1. The van der Waals surface area contributed by atoms with Gasteiger partial charge in [0.1, 0.15) is 6.04 Å². The van der Waals surface area contributed by atoms with Crippen molar-refractivity contribution in [3.8, 4) is 0 Å². The minimum atomic E-state index is -0.776. The van der Waals surface area contributed by atoms with Gasteiger partial charge in [-0.2, -0.15) is 0 Å². The lowest BCUT2D eigenvalue weighted by Gasteiger charge is -2.14. The highest BCUT2D eigenvalue weighted by Crippen LogP contribution is 2.02. The van der Waals surface area contributed by atoms with Crippen molar-refractivity contribution in [2.75, 3.05) is 13.1 Å². The van der Waals surface area contributed by atoms with Crippen LogP contribution in [0.15, 0.2) is 0 Å². The number of hydrogen-bond acceptors (Lipinski definition) is 3. The number of carbonyl (C=O) groups is 3. The maximum Gasteiger partial charge on any atom is 0.315 e. The summed E-state index contributed by atoms with van der Waals surface area (Å²) in [6.07, 6.45) is 3.36. The summed E-state index contributed by atoms with van der Waals surface area (Å²) in [5, 5.41) is 16.3. The van der Waals surface area contributed by atoms with E-state index in [1.54, 1.807) is 6.92 Å². The van der Waals surface area contributed by atoms with Gasteiger partial charge in [-0.3, -0.25) is 9.59 Å². The second-order valence-corrected chi connectivity index (χ2v) is 4.57. The Morgan fingerprint density at radius 2 is 1.70 bits per heavy atom. The Hall–Kier alpha value is -1.79. The van der Waals surface area contributed by atoms with Crippen LogP contribution in [0.5, 0.6) is 0 Å². The molecule has 0 aromatic heterocycles. The highest BCUT2D eigenvalue weighted by Gasteiger charge is 2.13. The molecule has 0 saturated carbocycles. The Morgan fingerprint density at radius 3 is 2.30 bits per heavy atom. The number of unbranched alkanes of at least 4 members (excludes halogenated alkanes) is 3. The Labute approximate surface area is 119 Å². The van der Waals surface area contributed by atoms with Crippen molar-refractivity contribution in [2.24, 2.45) is 0 Å². The zero-order valence-electron chi connectivity index (χ0n) is 12.2. The lowest BCUT2D eigenvalue weighted by atomic mass is 10.1. The first-order valence-electron chi connectivity index (χ1n) is 7.01. The highest BCUT2D eigenvalue weighted by atomic mass is 16.4. The van der Waals surface area contributed by atoms with Crippen LogP contribution in [0.2, 0.25) is 0 Å². The number of carbonyl (C=O) groups excluding carboxylic acids is 2. The first kappa shape index (κ1) is 18.2. The third kappa shape index (κ3) is 10.2. The zero-order chi connectivity index (χ0) is 15.4. The largest absolute Gasteiger partial charge is 0.481 e. The number of carboxylic acids is 1. The average molecular weight is 287 g/mol. The zero-order valence-corrected chi connectivity index (χ0v) is 12.2. The van der Waals surface area contributed by atoms with E-state index in [0.29, 0.717) is 19.5 Å². The van der Waals surface area contributed by atoms with Crippen molar-refractivity contribution >= 4 is 17.9 Å². The lowest BCUT2D eigenvalue weighted by Crippen LogP contribution is -2.48. The summed E-state index contributed by atoms with van der Waals surface area (Å²) in [5.41, 5.74) is 0. The molecule has 1 unspecified atom stereocenters. The van der Waals surface area contributed by atoms with Gasteiger partial charge in [0.2, 0.25) is 5.91 Å². The van der Waals surface area contributed by atoms with Crippen LogP contribution in [0.3, 0.4) is 0 Å². The molecule has 1 atom stereocenters. The molecule has 116 valence electrons. The molecule has 7 nitrogen and oxygen atoms in total. The number of urea groups is 1. The van der Waals surface area contributed by atoms with Crippen molar-refractivity contribution in [3.63, 3.8) is 0 Å². The van der Waals surface area contributed by atoms with Crippen LogP contribution >= 0.6 is 0 Å². The molecule has 4 N–H and O–H groups in total. The maximum atomic E-state index is 11.5. The average Bonchev–Trinajstić information content (AvgIpc) is 2.37. The topological polar surface area (TPSA) is 108 Å². The van der Waals surface area contributed by atoms with Gasteiger partial charge in [-0.1, -0.05) is 12.8 Å². The molecular weight excluding hydrogens is 262 g/mol. The van der Waals surface area contributed by atoms with Crippen molar-refractivity contribution in [2.45, 2.75) is 52.0 Å². The summed E-state index contributed by atoms with van der Waals surface area (Å²) in [7, 11) is 0. The predicted octanol–water partition coefficient (Wildman–Crippen LogP) is 0.845. The van der Waals surface area contributed by atoms with Crippen LogP contribution in [-0.4, -0.2) is 42.1 Å². The monoisotopic (exact) mass is 287 g/mol. The SMILES string of the molecule is CCNC(=O)C(C)NC(=O)NCCCCCCC(=O)O. The summed E-state index contributed by atoms with van der Waals surface area (Å²) in [4.78, 5) is 33.1. The fourth-order valence-corrected chi connectivity index (χ4v) is 1.60. The van der Waals surface area contributed by atoms with Gasteiger partial charge in [-0.25, -0.2) is 4.79 Å². The number of amides is 3. The van der Waals surface area contributed by atoms with E-state index in [1.807, 2.05) is 6.92 Å². The molecule has 0 aliphatic carbocycles. The molecule has 0 aromatic carbocycles. The highest BCUT2D eigenvalue weighted by molar-refractivity contribution is 5.86. The minimum Gasteiger partial charge on any atom is -0.481 e. The van der Waals surface area contributed by atoms with Crippen LogP contribution in [0.25, 0.3) is 0 Å². The van der Waals surface area contributed by atoms with Gasteiger partial charge >= 0.3 is 12.0 Å². The number of aliphatic carboxylic acids is 1. The summed E-state index contributed by atoms with van der Waals surface area (Å²) < 4.78 is 0. The maximum absolute atomic E-state index is 11.5. The van der Waals surface area contributed by atoms with Crippen LogP contribution < -0.4 is 16.0 Å². The molecule has 0 heterocycles. The van der Waals surface area contributed by atoms with Crippen molar-refractivity contribution in [1.82, 2.24) is 16.0 Å². The Bertz CT molecular complexity index is 321. The van der Waals surface area contributed by atoms with Crippen molar-refractivity contribution in [1.29, 1.82) is 0 Å². The van der Waals surface area contributed by atoms with Crippen LogP contribution in [-0.2, 0) is 9.59 Å². The first-order valence-corrected chi connectivity index (χ1v) is 7.01. The van der Waals surface area contributed by atoms with Gasteiger partial charge in [0, 0.05) is 19.5 Å². The van der Waals surface area contributed by atoms with Gasteiger partial charge < -0.3 is 21.1 Å². The molecule has 20 heavy (non-hydrogen) atoms. The van der Waals surface area contributed by atoms with Crippen molar-refractivity contribution in [3.05, 3.63) is 0 Å². The van der Waals surface area contributed by atoms with E-state index in [0.717, 1.165) is 19.3 Å². The van der Waals surface area contributed by atoms with Crippen LogP contribution in [0.4, 0.5) is 4.79 Å². The molecule has 0 bridgehead atoms. The smallest absolute Gasteiger partial charge is 0.315 e. The van der Waals surface area contributed by atoms with Gasteiger partial charge in [-0.15, -0.1) is 0 Å². The van der Waals surface area contributed by atoms with Gasteiger partial charge in [0.25, 0.3) is 0 Å². The summed E-state index contributed by atoms with van der Waals surface area (Å²) in [5.74, 6) is -0.988. The fraction of sp³-hybridized carbons (Fsp3) is 0.769. The third-order valence-corrected chi connectivity index (χ3v) is 2.69. The van der Waals surface area contributed by atoms with E-state index >= 15 is 0 Å². The second-order valence-electron chi connectivity index (χ2n) is 4.57. The standard InChI is InChI=1S/C13H25N3O4/c1-3-14-12(19)10(2)16-13(20)15-9-7-5-4-6-8-11(17)18/h10H,3-9H2,1-2H3,(H,14,19)(H,17,18)(H2,15,16,20). The quantitative estimate of drug-likeness (QED) is 0.447. The lowest BCUT2D eigenvalue weighted by molar-refractivity contribution is -0.137. The van der Waals surface area contributed by atoms with Gasteiger partial charge in [-0.05, 0) is 26.7 Å². The molecule has 0 aliphatic heterocycles. The Morgan fingerprint density at radius 1 is 1.05 bits per heavy atom. The second kappa shape index (κ2) is 11.1. The minimum absolute atomic E-state index is 0.192. The fourth-order valence-electron chi connectivity index (χ4n) is 1.60. The first-order chi connectivity index (χ1) is 9.47. The van der Waals surface area contributed by atoms with Crippen molar-refractivity contribution < 1.29 is 19.5 Å². The van der Waals surface area contributed by atoms with E-state index in [4.69, 9.17) is 5.11 Å². The number of likely N-dealkylation sites (N-methyl/N-ethyl adjacent to an activating group) is 1. The Balaban J connectivity index is 3.54. The van der Waals surface area contributed by atoms with E-state index in [-0.39, 0.29) is 18.4 Å². The third-order valence-electron chi connectivity index (χ3n) is 2.69. The van der Waals surface area contributed by atoms with Gasteiger partial charge in [0.15, 0.2) is 0 Å². The molecule has 0 radical (unpaired) electrons. The predicted molar refractivity (Wildman–Crippen MR) is 75.4 cm³/mol. The number of hydrogen-bond donors (Lipinski definition) is 4. The molecule has 0 fully saturated rings. The van der Waals surface area contributed by atoms with Crippen LogP contribution in [0.1, 0.15) is 46.0 Å². The summed E-state index contributed by atoms with van der Waals surface area (Å²) >= 11 is 0. The van der Waals surface area contributed by atoms with E-state index in [2.05, 4.69) is 16.0 Å². The molecule has 0 aliphatic rings. The van der Waals surface area contributed by atoms with Crippen LogP contribution in [0, 0.1) is 0 Å².